The van der Waals surface area contributed by atoms with Crippen molar-refractivity contribution in [1.82, 2.24) is 0 Å². The van der Waals surface area contributed by atoms with Gasteiger partial charge in [-0.25, -0.2) is 4.39 Å². The van der Waals surface area contributed by atoms with Crippen molar-refractivity contribution in [3.8, 4) is 0 Å². The number of benzene rings is 1. The molecule has 0 saturated carbocycles. The molecule has 0 aromatic heterocycles. The Labute approximate surface area is 108 Å². The van der Waals surface area contributed by atoms with E-state index >= 15 is 0 Å². The molecular formula is C15H22FNO. The number of piperidine rings is 1. The van der Waals surface area contributed by atoms with Crippen LogP contribution in [0.3, 0.4) is 0 Å². The first kappa shape index (κ1) is 13.3. The molecule has 1 aromatic rings. The van der Waals surface area contributed by atoms with Crippen molar-refractivity contribution in [2.24, 2.45) is 5.41 Å². The van der Waals surface area contributed by atoms with Crippen LogP contribution in [0, 0.1) is 11.2 Å². The number of anilines is 1. The first-order chi connectivity index (χ1) is 8.39. The number of hydrogen-bond acceptors (Lipinski definition) is 2. The first-order valence-corrected chi connectivity index (χ1v) is 6.61. The van der Waals surface area contributed by atoms with Crippen LogP contribution in [0.5, 0.6) is 0 Å². The molecule has 100 valence electrons. The van der Waals surface area contributed by atoms with Crippen LogP contribution in [0.15, 0.2) is 18.2 Å². The van der Waals surface area contributed by atoms with Gasteiger partial charge in [-0.1, -0.05) is 19.9 Å². The van der Waals surface area contributed by atoms with Crippen LogP contribution in [0.1, 0.15) is 45.3 Å². The van der Waals surface area contributed by atoms with Crippen molar-refractivity contribution in [1.29, 1.82) is 0 Å². The highest BCUT2D eigenvalue weighted by molar-refractivity contribution is 5.50. The molecule has 0 bridgehead atoms. The van der Waals surface area contributed by atoms with E-state index in [1.807, 2.05) is 6.07 Å². The first-order valence-electron chi connectivity index (χ1n) is 6.61. The Hall–Kier alpha value is -1.09. The Bertz CT molecular complexity index is 429. The zero-order valence-electron chi connectivity index (χ0n) is 11.4. The SMILES string of the molecule is C[C@H](O)c1ccc(N2CCCC(C)(C)C2)c(F)c1. The highest BCUT2D eigenvalue weighted by Crippen LogP contribution is 2.33. The summed E-state index contributed by atoms with van der Waals surface area (Å²) in [4.78, 5) is 2.12. The predicted molar refractivity (Wildman–Crippen MR) is 72.3 cm³/mol. The lowest BCUT2D eigenvalue weighted by Gasteiger charge is -2.39. The topological polar surface area (TPSA) is 23.5 Å². The second kappa shape index (κ2) is 4.88. The summed E-state index contributed by atoms with van der Waals surface area (Å²) in [5, 5.41) is 9.45. The number of hydrogen-bond donors (Lipinski definition) is 1. The predicted octanol–water partition coefficient (Wildman–Crippen LogP) is 3.51. The minimum absolute atomic E-state index is 0.230. The Morgan fingerprint density at radius 2 is 2.11 bits per heavy atom. The van der Waals surface area contributed by atoms with Crippen LogP contribution in [-0.4, -0.2) is 18.2 Å². The smallest absolute Gasteiger partial charge is 0.146 e. The molecule has 1 aliphatic heterocycles. The summed E-state index contributed by atoms with van der Waals surface area (Å²) in [7, 11) is 0. The quantitative estimate of drug-likeness (QED) is 0.869. The van der Waals surface area contributed by atoms with Crippen LogP contribution >= 0.6 is 0 Å². The van der Waals surface area contributed by atoms with Gasteiger partial charge in [-0.15, -0.1) is 0 Å². The number of halogens is 1. The van der Waals surface area contributed by atoms with Crippen LogP contribution in [0.25, 0.3) is 0 Å². The lowest BCUT2D eigenvalue weighted by Crippen LogP contribution is -2.40. The van der Waals surface area contributed by atoms with Gasteiger partial charge in [0, 0.05) is 13.1 Å². The van der Waals surface area contributed by atoms with Gasteiger partial charge in [0.2, 0.25) is 0 Å². The fourth-order valence-electron chi connectivity index (χ4n) is 2.67. The molecule has 1 N–H and O–H groups in total. The highest BCUT2D eigenvalue weighted by Gasteiger charge is 2.27. The van der Waals surface area contributed by atoms with Gasteiger partial charge >= 0.3 is 0 Å². The molecule has 2 rings (SSSR count). The third-order valence-electron chi connectivity index (χ3n) is 3.70. The molecule has 1 aliphatic rings. The minimum Gasteiger partial charge on any atom is -0.389 e. The lowest BCUT2D eigenvalue weighted by atomic mass is 9.84. The van der Waals surface area contributed by atoms with Gasteiger partial charge in [-0.2, -0.15) is 0 Å². The molecule has 1 saturated heterocycles. The van der Waals surface area contributed by atoms with E-state index in [9.17, 15) is 9.50 Å². The fraction of sp³-hybridized carbons (Fsp3) is 0.600. The van der Waals surface area contributed by atoms with E-state index in [-0.39, 0.29) is 11.2 Å². The molecule has 0 spiro atoms. The molecule has 1 heterocycles. The van der Waals surface area contributed by atoms with Gasteiger partial charge in [-0.05, 0) is 42.9 Å². The van der Waals surface area contributed by atoms with Gasteiger partial charge in [0.1, 0.15) is 5.82 Å². The number of rotatable bonds is 2. The van der Waals surface area contributed by atoms with Gasteiger partial charge in [0.25, 0.3) is 0 Å². The average molecular weight is 251 g/mol. The van der Waals surface area contributed by atoms with Crippen molar-refractivity contribution in [2.75, 3.05) is 18.0 Å². The Morgan fingerprint density at radius 3 is 2.67 bits per heavy atom. The van der Waals surface area contributed by atoms with Gasteiger partial charge in [0.15, 0.2) is 0 Å². The molecular weight excluding hydrogens is 229 g/mol. The van der Waals surface area contributed by atoms with Crippen LogP contribution in [-0.2, 0) is 0 Å². The fourth-order valence-corrected chi connectivity index (χ4v) is 2.67. The Morgan fingerprint density at radius 1 is 1.39 bits per heavy atom. The van der Waals surface area contributed by atoms with E-state index in [2.05, 4.69) is 18.7 Å². The molecule has 1 atom stereocenters. The lowest BCUT2D eigenvalue weighted by molar-refractivity contribution is 0.199. The molecule has 3 heteroatoms. The Balaban J connectivity index is 2.23. The van der Waals surface area contributed by atoms with Crippen molar-refractivity contribution < 1.29 is 9.50 Å². The third-order valence-corrected chi connectivity index (χ3v) is 3.70. The summed E-state index contributed by atoms with van der Waals surface area (Å²) in [5.41, 5.74) is 1.54. The molecule has 1 aromatic carbocycles. The summed E-state index contributed by atoms with van der Waals surface area (Å²) in [6, 6.07) is 5.05. The number of nitrogens with zero attached hydrogens (tertiary/aromatic N) is 1. The van der Waals surface area contributed by atoms with Gasteiger partial charge in [0.05, 0.1) is 11.8 Å². The monoisotopic (exact) mass is 251 g/mol. The maximum atomic E-state index is 14.1. The highest BCUT2D eigenvalue weighted by atomic mass is 19.1. The maximum absolute atomic E-state index is 14.1. The van der Waals surface area contributed by atoms with E-state index in [0.717, 1.165) is 19.5 Å². The van der Waals surface area contributed by atoms with Gasteiger partial charge in [-0.3, -0.25) is 0 Å². The molecule has 0 aliphatic carbocycles. The summed E-state index contributed by atoms with van der Waals surface area (Å²) in [6.45, 7) is 7.90. The summed E-state index contributed by atoms with van der Waals surface area (Å²) >= 11 is 0. The normalized spacial score (nSPS) is 20.8. The van der Waals surface area contributed by atoms with E-state index in [4.69, 9.17) is 0 Å². The molecule has 18 heavy (non-hydrogen) atoms. The van der Waals surface area contributed by atoms with Crippen molar-refractivity contribution in [3.63, 3.8) is 0 Å². The average Bonchev–Trinajstić information content (AvgIpc) is 2.27. The zero-order valence-corrected chi connectivity index (χ0v) is 11.4. The minimum atomic E-state index is -0.619. The molecule has 0 amide bonds. The zero-order chi connectivity index (χ0) is 13.3. The van der Waals surface area contributed by atoms with Crippen LogP contribution < -0.4 is 4.90 Å². The number of aliphatic hydroxyl groups excluding tert-OH is 1. The number of aliphatic hydroxyl groups is 1. The van der Waals surface area contributed by atoms with Crippen LogP contribution in [0.2, 0.25) is 0 Å². The van der Waals surface area contributed by atoms with E-state index in [0.29, 0.717) is 11.3 Å². The second-order valence-electron chi connectivity index (χ2n) is 6.08. The maximum Gasteiger partial charge on any atom is 0.146 e. The second-order valence-corrected chi connectivity index (χ2v) is 6.08. The molecule has 2 nitrogen and oxygen atoms in total. The third kappa shape index (κ3) is 2.83. The van der Waals surface area contributed by atoms with Crippen molar-refractivity contribution in [3.05, 3.63) is 29.6 Å². The largest absolute Gasteiger partial charge is 0.389 e. The van der Waals surface area contributed by atoms with E-state index in [1.54, 1.807) is 13.0 Å². The molecule has 0 unspecified atom stereocenters. The van der Waals surface area contributed by atoms with Gasteiger partial charge < -0.3 is 10.0 Å². The van der Waals surface area contributed by atoms with Crippen LogP contribution in [0.4, 0.5) is 10.1 Å². The Kier molecular flexibility index (Phi) is 3.62. The van der Waals surface area contributed by atoms with E-state index in [1.165, 1.54) is 12.5 Å². The van der Waals surface area contributed by atoms with Crippen molar-refractivity contribution in [2.45, 2.75) is 39.7 Å². The molecule has 1 fully saturated rings. The summed E-state index contributed by atoms with van der Waals surface area (Å²) < 4.78 is 14.1. The summed E-state index contributed by atoms with van der Waals surface area (Å²) in [6.07, 6.45) is 1.67. The van der Waals surface area contributed by atoms with Crippen molar-refractivity contribution >= 4 is 5.69 Å². The molecule has 0 radical (unpaired) electrons. The van der Waals surface area contributed by atoms with E-state index < -0.39 is 6.10 Å². The standard InChI is InChI=1S/C15H22FNO/c1-11(18)12-5-6-14(13(16)9-12)17-8-4-7-15(2,3)10-17/h5-6,9,11,18H,4,7-8,10H2,1-3H3/t11-/m0/s1. The summed E-state index contributed by atoms with van der Waals surface area (Å²) in [5.74, 6) is -0.230.